The highest BCUT2D eigenvalue weighted by Gasteiger charge is 2.11. The Kier molecular flexibility index (Phi) is 4.68. The molecule has 0 atom stereocenters. The van der Waals surface area contributed by atoms with E-state index in [-0.39, 0.29) is 0 Å². The first kappa shape index (κ1) is 12.4. The van der Waals surface area contributed by atoms with Gasteiger partial charge in [-0.1, -0.05) is 46.4 Å². The molecule has 0 saturated carbocycles. The predicted octanol–water partition coefficient (Wildman–Crippen LogP) is 4.48. The summed E-state index contributed by atoms with van der Waals surface area (Å²) in [6.45, 7) is 3.42. The van der Waals surface area contributed by atoms with Crippen LogP contribution in [-0.4, -0.2) is 18.0 Å². The van der Waals surface area contributed by atoms with E-state index >= 15 is 0 Å². The lowest BCUT2D eigenvalue weighted by atomic mass is 10.2. The van der Waals surface area contributed by atoms with Crippen molar-refractivity contribution in [3.63, 3.8) is 0 Å². The second kappa shape index (κ2) is 6.04. The van der Waals surface area contributed by atoms with Crippen LogP contribution in [0.5, 0.6) is 0 Å². The number of benzene rings is 1. The highest BCUT2D eigenvalue weighted by molar-refractivity contribution is 9.10. The Bertz CT molecular complexity index is 346. The van der Waals surface area contributed by atoms with Gasteiger partial charge in [0, 0.05) is 16.0 Å². The standard InChI is InChI=1S/C13H17BrClN/c14-12-6-5-11(13(15)9-12)10-16-7-3-1-2-4-8-16/h5-6,9H,1-4,7-8,10H2. The predicted molar refractivity (Wildman–Crippen MR) is 72.9 cm³/mol. The smallest absolute Gasteiger partial charge is 0.0462 e. The lowest BCUT2D eigenvalue weighted by Crippen LogP contribution is -2.24. The molecular formula is C13H17BrClN. The van der Waals surface area contributed by atoms with Crippen LogP contribution in [0.3, 0.4) is 0 Å². The summed E-state index contributed by atoms with van der Waals surface area (Å²) in [6, 6.07) is 6.17. The highest BCUT2D eigenvalue weighted by Crippen LogP contribution is 2.23. The van der Waals surface area contributed by atoms with E-state index in [4.69, 9.17) is 11.6 Å². The molecule has 1 aromatic rings. The van der Waals surface area contributed by atoms with Gasteiger partial charge in [0.05, 0.1) is 0 Å². The molecule has 0 aliphatic carbocycles. The molecule has 0 spiro atoms. The molecule has 0 aromatic heterocycles. The average molecular weight is 303 g/mol. The summed E-state index contributed by atoms with van der Waals surface area (Å²) in [5, 5.41) is 0.874. The molecule has 1 aromatic carbocycles. The molecule has 1 fully saturated rings. The van der Waals surface area contributed by atoms with E-state index in [1.165, 1.54) is 44.3 Å². The zero-order valence-corrected chi connectivity index (χ0v) is 11.7. The third-order valence-electron chi connectivity index (χ3n) is 3.11. The molecular weight excluding hydrogens is 286 g/mol. The first-order valence-electron chi connectivity index (χ1n) is 5.92. The van der Waals surface area contributed by atoms with E-state index in [0.717, 1.165) is 16.0 Å². The normalized spacial score (nSPS) is 18.4. The Balaban J connectivity index is 2.01. The number of nitrogens with zero attached hydrogens (tertiary/aromatic N) is 1. The number of hydrogen-bond acceptors (Lipinski definition) is 1. The summed E-state index contributed by atoms with van der Waals surface area (Å²) in [5.74, 6) is 0. The van der Waals surface area contributed by atoms with Gasteiger partial charge in [0.1, 0.15) is 0 Å². The Morgan fingerprint density at radius 1 is 1.12 bits per heavy atom. The van der Waals surface area contributed by atoms with Crippen molar-refractivity contribution in [3.8, 4) is 0 Å². The summed E-state index contributed by atoms with van der Waals surface area (Å²) in [7, 11) is 0. The molecule has 0 amide bonds. The third kappa shape index (κ3) is 3.47. The van der Waals surface area contributed by atoms with Crippen LogP contribution in [-0.2, 0) is 6.54 Å². The lowest BCUT2D eigenvalue weighted by molar-refractivity contribution is 0.277. The van der Waals surface area contributed by atoms with Gasteiger partial charge in [-0.2, -0.15) is 0 Å². The van der Waals surface area contributed by atoms with E-state index in [1.54, 1.807) is 0 Å². The molecule has 1 aliphatic rings. The van der Waals surface area contributed by atoms with Crippen molar-refractivity contribution in [2.24, 2.45) is 0 Å². The maximum atomic E-state index is 6.23. The van der Waals surface area contributed by atoms with E-state index in [2.05, 4.69) is 33.0 Å². The molecule has 1 saturated heterocycles. The number of likely N-dealkylation sites (tertiary alicyclic amines) is 1. The molecule has 0 unspecified atom stereocenters. The van der Waals surface area contributed by atoms with Crippen molar-refractivity contribution >= 4 is 27.5 Å². The van der Waals surface area contributed by atoms with Crippen molar-refractivity contribution in [1.82, 2.24) is 4.90 Å². The summed E-state index contributed by atoms with van der Waals surface area (Å²) in [6.07, 6.45) is 5.41. The van der Waals surface area contributed by atoms with Gasteiger partial charge in [-0.25, -0.2) is 0 Å². The van der Waals surface area contributed by atoms with E-state index < -0.39 is 0 Å². The number of halogens is 2. The maximum absolute atomic E-state index is 6.23. The zero-order valence-electron chi connectivity index (χ0n) is 9.38. The van der Waals surface area contributed by atoms with Crippen LogP contribution in [0.4, 0.5) is 0 Å². The van der Waals surface area contributed by atoms with E-state index in [0.29, 0.717) is 0 Å². The van der Waals surface area contributed by atoms with Gasteiger partial charge in [-0.3, -0.25) is 4.90 Å². The molecule has 3 heteroatoms. The average Bonchev–Trinajstić information content (AvgIpc) is 2.51. The van der Waals surface area contributed by atoms with Gasteiger partial charge in [-0.15, -0.1) is 0 Å². The van der Waals surface area contributed by atoms with Crippen LogP contribution in [0.2, 0.25) is 5.02 Å². The first-order valence-corrected chi connectivity index (χ1v) is 7.09. The molecule has 1 heterocycles. The zero-order chi connectivity index (χ0) is 11.4. The van der Waals surface area contributed by atoms with Crippen molar-refractivity contribution in [3.05, 3.63) is 33.3 Å². The molecule has 0 radical (unpaired) electrons. The minimum absolute atomic E-state index is 0.874. The van der Waals surface area contributed by atoms with Gasteiger partial charge in [0.25, 0.3) is 0 Å². The van der Waals surface area contributed by atoms with Crippen molar-refractivity contribution < 1.29 is 0 Å². The van der Waals surface area contributed by atoms with E-state index in [9.17, 15) is 0 Å². The van der Waals surface area contributed by atoms with Crippen LogP contribution in [0.1, 0.15) is 31.2 Å². The minimum atomic E-state index is 0.874. The van der Waals surface area contributed by atoms with Crippen molar-refractivity contribution in [2.75, 3.05) is 13.1 Å². The minimum Gasteiger partial charge on any atom is -0.299 e. The topological polar surface area (TPSA) is 3.24 Å². The van der Waals surface area contributed by atoms with Gasteiger partial charge in [0.15, 0.2) is 0 Å². The van der Waals surface area contributed by atoms with Gasteiger partial charge in [-0.05, 0) is 43.6 Å². The third-order valence-corrected chi connectivity index (χ3v) is 3.95. The molecule has 16 heavy (non-hydrogen) atoms. The quantitative estimate of drug-likeness (QED) is 0.778. The summed E-state index contributed by atoms with van der Waals surface area (Å²) in [4.78, 5) is 2.52. The molecule has 1 nitrogen and oxygen atoms in total. The van der Waals surface area contributed by atoms with Crippen LogP contribution in [0.15, 0.2) is 22.7 Å². The second-order valence-corrected chi connectivity index (χ2v) is 5.75. The van der Waals surface area contributed by atoms with Gasteiger partial charge < -0.3 is 0 Å². The SMILES string of the molecule is Clc1cc(Br)ccc1CN1CCCCCC1. The Morgan fingerprint density at radius 3 is 2.44 bits per heavy atom. The maximum Gasteiger partial charge on any atom is 0.0462 e. The fourth-order valence-electron chi connectivity index (χ4n) is 2.19. The van der Waals surface area contributed by atoms with Crippen LogP contribution >= 0.6 is 27.5 Å². The van der Waals surface area contributed by atoms with Crippen molar-refractivity contribution in [1.29, 1.82) is 0 Å². The second-order valence-electron chi connectivity index (χ2n) is 4.43. The van der Waals surface area contributed by atoms with Crippen LogP contribution in [0.25, 0.3) is 0 Å². The summed E-state index contributed by atoms with van der Waals surface area (Å²) < 4.78 is 1.05. The fraction of sp³-hybridized carbons (Fsp3) is 0.538. The Morgan fingerprint density at radius 2 is 1.81 bits per heavy atom. The monoisotopic (exact) mass is 301 g/mol. The van der Waals surface area contributed by atoms with Gasteiger partial charge in [0.2, 0.25) is 0 Å². The molecule has 0 bridgehead atoms. The molecule has 0 N–H and O–H groups in total. The first-order chi connectivity index (χ1) is 7.75. The fourth-order valence-corrected chi connectivity index (χ4v) is 2.92. The highest BCUT2D eigenvalue weighted by atomic mass is 79.9. The Hall–Kier alpha value is -0.0500. The van der Waals surface area contributed by atoms with Crippen LogP contribution < -0.4 is 0 Å². The van der Waals surface area contributed by atoms with Gasteiger partial charge >= 0.3 is 0 Å². The molecule has 88 valence electrons. The summed E-state index contributed by atoms with van der Waals surface area (Å²) in [5.41, 5.74) is 1.24. The Labute approximate surface area is 111 Å². The lowest BCUT2D eigenvalue weighted by Gasteiger charge is -2.20. The number of rotatable bonds is 2. The van der Waals surface area contributed by atoms with Crippen molar-refractivity contribution in [2.45, 2.75) is 32.2 Å². The van der Waals surface area contributed by atoms with Crippen LogP contribution in [0, 0.1) is 0 Å². The molecule has 1 aliphatic heterocycles. The number of hydrogen-bond donors (Lipinski definition) is 0. The molecule has 2 rings (SSSR count). The summed E-state index contributed by atoms with van der Waals surface area (Å²) >= 11 is 9.67. The van der Waals surface area contributed by atoms with E-state index in [1.807, 2.05) is 6.07 Å². The largest absolute Gasteiger partial charge is 0.299 e.